The van der Waals surface area contributed by atoms with Gasteiger partial charge in [-0.3, -0.25) is 4.79 Å². The summed E-state index contributed by atoms with van der Waals surface area (Å²) >= 11 is 3.43. The van der Waals surface area contributed by atoms with Crippen molar-refractivity contribution in [1.29, 1.82) is 0 Å². The molecule has 0 aliphatic carbocycles. The zero-order chi connectivity index (χ0) is 12.3. The number of aromatic nitrogens is 1. The van der Waals surface area contributed by atoms with Gasteiger partial charge in [-0.25, -0.2) is 0 Å². The summed E-state index contributed by atoms with van der Waals surface area (Å²) in [4.78, 5) is 11.6. The first-order valence-electron chi connectivity index (χ1n) is 5.32. The van der Waals surface area contributed by atoms with Crippen LogP contribution in [-0.4, -0.2) is 17.0 Å². The Labute approximate surface area is 108 Å². The first-order chi connectivity index (χ1) is 8.20. The smallest absolute Gasteiger partial charge is 0.240 e. The Kier molecular flexibility index (Phi) is 3.64. The summed E-state index contributed by atoms with van der Waals surface area (Å²) in [7, 11) is 0. The molecule has 0 aliphatic heterocycles. The van der Waals surface area contributed by atoms with E-state index in [-0.39, 0.29) is 5.91 Å². The molecule has 0 spiro atoms. The molecular formula is C13H13BrN2O. The van der Waals surface area contributed by atoms with Crippen LogP contribution in [0.5, 0.6) is 0 Å². The molecule has 1 N–H and O–H groups in total. The second-order valence-electron chi connectivity index (χ2n) is 3.74. The second kappa shape index (κ2) is 5.19. The Hall–Kier alpha value is -1.55. The van der Waals surface area contributed by atoms with Crippen LogP contribution >= 0.6 is 15.9 Å². The third kappa shape index (κ3) is 2.77. The molecule has 2 rings (SSSR count). The fraction of sp³-hybridized carbons (Fsp3) is 0.154. The maximum atomic E-state index is 11.6. The average molecular weight is 293 g/mol. The zero-order valence-electron chi connectivity index (χ0n) is 9.32. The van der Waals surface area contributed by atoms with Crippen molar-refractivity contribution in [1.82, 2.24) is 9.88 Å². The standard InChI is InChI=1S/C13H13BrN2O/c1-2-6-15-13(17)9-16-7-5-10-3-4-11(14)8-12(10)16/h2-5,7-8H,1,6,9H2,(H,15,17). The molecule has 0 aliphatic rings. The van der Waals surface area contributed by atoms with Gasteiger partial charge >= 0.3 is 0 Å². The minimum absolute atomic E-state index is 0.0117. The number of nitrogens with one attached hydrogen (secondary N) is 1. The molecule has 1 amide bonds. The minimum Gasteiger partial charge on any atom is -0.351 e. The topological polar surface area (TPSA) is 34.0 Å². The fourth-order valence-corrected chi connectivity index (χ4v) is 2.04. The highest BCUT2D eigenvalue weighted by Crippen LogP contribution is 2.20. The van der Waals surface area contributed by atoms with Crippen molar-refractivity contribution < 1.29 is 4.79 Å². The lowest BCUT2D eigenvalue weighted by Crippen LogP contribution is -2.27. The van der Waals surface area contributed by atoms with Crippen LogP contribution in [0.1, 0.15) is 0 Å². The summed E-state index contributed by atoms with van der Waals surface area (Å²) in [6.45, 7) is 4.39. The number of carbonyl (C=O) groups is 1. The fourth-order valence-electron chi connectivity index (χ4n) is 1.69. The van der Waals surface area contributed by atoms with Gasteiger partial charge in [-0.15, -0.1) is 6.58 Å². The molecule has 0 atom stereocenters. The van der Waals surface area contributed by atoms with Crippen LogP contribution in [0.15, 0.2) is 47.6 Å². The van der Waals surface area contributed by atoms with Crippen molar-refractivity contribution in [3.05, 3.63) is 47.6 Å². The lowest BCUT2D eigenvalue weighted by atomic mass is 10.2. The summed E-state index contributed by atoms with van der Waals surface area (Å²) in [6, 6.07) is 8.03. The summed E-state index contributed by atoms with van der Waals surface area (Å²) < 4.78 is 2.94. The number of fused-ring (bicyclic) bond motifs is 1. The largest absolute Gasteiger partial charge is 0.351 e. The molecule has 0 bridgehead atoms. The van der Waals surface area contributed by atoms with E-state index in [9.17, 15) is 4.79 Å². The minimum atomic E-state index is -0.0117. The molecule has 3 nitrogen and oxygen atoms in total. The summed E-state index contributed by atoms with van der Waals surface area (Å²) in [5.74, 6) is -0.0117. The van der Waals surface area contributed by atoms with Crippen LogP contribution < -0.4 is 5.32 Å². The number of amides is 1. The van der Waals surface area contributed by atoms with Crippen molar-refractivity contribution in [2.24, 2.45) is 0 Å². The number of rotatable bonds is 4. The zero-order valence-corrected chi connectivity index (χ0v) is 10.9. The predicted octanol–water partition coefficient (Wildman–Crippen LogP) is 2.71. The van der Waals surface area contributed by atoms with E-state index in [0.29, 0.717) is 13.1 Å². The number of hydrogen-bond donors (Lipinski definition) is 1. The van der Waals surface area contributed by atoms with Crippen molar-refractivity contribution in [3.8, 4) is 0 Å². The van der Waals surface area contributed by atoms with Crippen LogP contribution in [0.2, 0.25) is 0 Å². The molecule has 0 saturated heterocycles. The van der Waals surface area contributed by atoms with E-state index in [1.807, 2.05) is 35.0 Å². The van der Waals surface area contributed by atoms with Crippen LogP contribution in [0.3, 0.4) is 0 Å². The first kappa shape index (κ1) is 11.9. The van der Waals surface area contributed by atoms with Gasteiger partial charge in [0.15, 0.2) is 0 Å². The maximum absolute atomic E-state index is 11.6. The second-order valence-corrected chi connectivity index (χ2v) is 4.66. The molecule has 0 fully saturated rings. The van der Waals surface area contributed by atoms with Gasteiger partial charge in [-0.2, -0.15) is 0 Å². The van der Waals surface area contributed by atoms with E-state index in [2.05, 4.69) is 27.8 Å². The summed E-state index contributed by atoms with van der Waals surface area (Å²) in [5.41, 5.74) is 1.05. The van der Waals surface area contributed by atoms with E-state index in [1.54, 1.807) is 6.08 Å². The Morgan fingerprint density at radius 3 is 3.06 bits per heavy atom. The van der Waals surface area contributed by atoms with E-state index >= 15 is 0 Å². The highest BCUT2D eigenvalue weighted by Gasteiger charge is 2.05. The third-order valence-corrected chi connectivity index (χ3v) is 2.99. The van der Waals surface area contributed by atoms with Crippen LogP contribution in [0.25, 0.3) is 10.9 Å². The highest BCUT2D eigenvalue weighted by molar-refractivity contribution is 9.10. The van der Waals surface area contributed by atoms with Gasteiger partial charge < -0.3 is 9.88 Å². The van der Waals surface area contributed by atoms with Gasteiger partial charge in [0.1, 0.15) is 6.54 Å². The van der Waals surface area contributed by atoms with E-state index < -0.39 is 0 Å². The molecular weight excluding hydrogens is 280 g/mol. The Morgan fingerprint density at radius 2 is 2.29 bits per heavy atom. The number of nitrogens with zero attached hydrogens (tertiary/aromatic N) is 1. The third-order valence-electron chi connectivity index (χ3n) is 2.49. The van der Waals surface area contributed by atoms with Crippen LogP contribution in [0, 0.1) is 0 Å². The van der Waals surface area contributed by atoms with Crippen molar-refractivity contribution in [3.63, 3.8) is 0 Å². The number of halogens is 1. The van der Waals surface area contributed by atoms with Crippen molar-refractivity contribution >= 4 is 32.7 Å². The molecule has 17 heavy (non-hydrogen) atoms. The van der Waals surface area contributed by atoms with Gasteiger partial charge in [0.25, 0.3) is 0 Å². The molecule has 0 radical (unpaired) electrons. The average Bonchev–Trinajstić information content (AvgIpc) is 2.69. The summed E-state index contributed by atoms with van der Waals surface area (Å²) in [5, 5.41) is 3.89. The van der Waals surface area contributed by atoms with E-state index in [1.165, 1.54) is 0 Å². The normalized spacial score (nSPS) is 10.4. The maximum Gasteiger partial charge on any atom is 0.240 e. The van der Waals surface area contributed by atoms with Crippen LogP contribution in [-0.2, 0) is 11.3 Å². The predicted molar refractivity (Wildman–Crippen MR) is 72.8 cm³/mol. The molecule has 0 saturated carbocycles. The molecule has 88 valence electrons. The quantitative estimate of drug-likeness (QED) is 0.864. The van der Waals surface area contributed by atoms with Gasteiger partial charge in [0, 0.05) is 22.7 Å². The lowest BCUT2D eigenvalue weighted by molar-refractivity contribution is -0.121. The van der Waals surface area contributed by atoms with Gasteiger partial charge in [0.2, 0.25) is 5.91 Å². The first-order valence-corrected chi connectivity index (χ1v) is 6.12. The van der Waals surface area contributed by atoms with E-state index in [0.717, 1.165) is 15.4 Å². The Balaban J connectivity index is 2.21. The molecule has 2 aromatic rings. The molecule has 0 unspecified atom stereocenters. The summed E-state index contributed by atoms with van der Waals surface area (Å²) in [6.07, 6.45) is 3.59. The van der Waals surface area contributed by atoms with Crippen LogP contribution in [0.4, 0.5) is 0 Å². The lowest BCUT2D eigenvalue weighted by Gasteiger charge is -2.05. The highest BCUT2D eigenvalue weighted by atomic mass is 79.9. The molecule has 4 heteroatoms. The van der Waals surface area contributed by atoms with Gasteiger partial charge in [-0.05, 0) is 23.6 Å². The SMILES string of the molecule is C=CCNC(=O)Cn1ccc2ccc(Br)cc21. The van der Waals surface area contributed by atoms with E-state index in [4.69, 9.17) is 0 Å². The Bertz CT molecular complexity index is 560. The molecule has 1 heterocycles. The molecule has 1 aromatic heterocycles. The van der Waals surface area contributed by atoms with Gasteiger partial charge in [0.05, 0.1) is 0 Å². The number of carbonyl (C=O) groups excluding carboxylic acids is 1. The molecule has 1 aromatic carbocycles. The monoisotopic (exact) mass is 292 g/mol. The number of benzene rings is 1. The van der Waals surface area contributed by atoms with Crippen molar-refractivity contribution in [2.45, 2.75) is 6.54 Å². The van der Waals surface area contributed by atoms with Gasteiger partial charge in [-0.1, -0.05) is 28.1 Å². The Morgan fingerprint density at radius 1 is 1.47 bits per heavy atom. The van der Waals surface area contributed by atoms with Crippen molar-refractivity contribution in [2.75, 3.05) is 6.54 Å². The number of hydrogen-bond acceptors (Lipinski definition) is 1.